The molecule has 1 aromatic rings. The van der Waals surface area contributed by atoms with Crippen LogP contribution in [0.4, 0.5) is 0 Å². The Kier molecular flexibility index (Phi) is 4.36. The summed E-state index contributed by atoms with van der Waals surface area (Å²) in [5.74, 6) is 0.313. The monoisotopic (exact) mass is 250 g/mol. The van der Waals surface area contributed by atoms with Gasteiger partial charge in [-0.05, 0) is 37.7 Å². The van der Waals surface area contributed by atoms with E-state index in [4.69, 9.17) is 5.73 Å². The molecular weight excluding hydrogens is 228 g/mol. The molecule has 2 unspecified atom stereocenters. The normalized spacial score (nSPS) is 23.2. The third-order valence-corrected chi connectivity index (χ3v) is 3.54. The zero-order chi connectivity index (χ0) is 13.0. The van der Waals surface area contributed by atoms with Crippen LogP contribution in [-0.2, 0) is 18.3 Å². The van der Waals surface area contributed by atoms with Crippen LogP contribution in [0.15, 0.2) is 12.4 Å². The zero-order valence-electron chi connectivity index (χ0n) is 10.9. The van der Waals surface area contributed by atoms with Gasteiger partial charge in [-0.15, -0.1) is 0 Å². The summed E-state index contributed by atoms with van der Waals surface area (Å²) >= 11 is 0. The van der Waals surface area contributed by atoms with E-state index in [0.717, 1.165) is 38.6 Å². The number of nitrogens with zero attached hydrogens (tertiary/aromatic N) is 2. The second-order valence-electron chi connectivity index (χ2n) is 5.19. The lowest BCUT2D eigenvalue weighted by atomic mass is 10.1. The molecule has 0 aliphatic heterocycles. The van der Waals surface area contributed by atoms with Crippen LogP contribution >= 0.6 is 0 Å². The van der Waals surface area contributed by atoms with Gasteiger partial charge in [-0.1, -0.05) is 0 Å². The van der Waals surface area contributed by atoms with Gasteiger partial charge >= 0.3 is 0 Å². The van der Waals surface area contributed by atoms with Crippen LogP contribution in [0.5, 0.6) is 0 Å². The molecule has 1 fully saturated rings. The Labute approximate surface area is 108 Å². The fourth-order valence-electron chi connectivity index (χ4n) is 2.50. The van der Waals surface area contributed by atoms with E-state index in [0.29, 0.717) is 0 Å². The summed E-state index contributed by atoms with van der Waals surface area (Å²) in [7, 11) is 1.91. The first-order chi connectivity index (χ1) is 8.65. The van der Waals surface area contributed by atoms with E-state index >= 15 is 0 Å². The predicted molar refractivity (Wildman–Crippen MR) is 69.9 cm³/mol. The lowest BCUT2D eigenvalue weighted by Gasteiger charge is -2.10. The average Bonchev–Trinajstić information content (AvgIpc) is 2.93. The lowest BCUT2D eigenvalue weighted by molar-refractivity contribution is -0.124. The topological polar surface area (TPSA) is 72.9 Å². The molecule has 2 rings (SSSR count). The molecule has 2 atom stereocenters. The summed E-state index contributed by atoms with van der Waals surface area (Å²) in [6.07, 6.45) is 8.56. The van der Waals surface area contributed by atoms with E-state index in [1.165, 1.54) is 5.56 Å². The van der Waals surface area contributed by atoms with Crippen LogP contribution in [0, 0.1) is 5.92 Å². The SMILES string of the molecule is Cn1cc(CCCNC(=O)C2CCC(N)C2)cn1. The van der Waals surface area contributed by atoms with Crippen LogP contribution in [-0.4, -0.2) is 28.3 Å². The Morgan fingerprint density at radius 3 is 3.06 bits per heavy atom. The molecule has 18 heavy (non-hydrogen) atoms. The van der Waals surface area contributed by atoms with E-state index < -0.39 is 0 Å². The van der Waals surface area contributed by atoms with Gasteiger partial charge in [0.25, 0.3) is 0 Å². The number of aryl methyl sites for hydroxylation is 2. The molecule has 0 saturated heterocycles. The second kappa shape index (κ2) is 6.00. The number of carbonyl (C=O) groups excluding carboxylic acids is 1. The second-order valence-corrected chi connectivity index (χ2v) is 5.19. The minimum Gasteiger partial charge on any atom is -0.356 e. The Morgan fingerprint density at radius 1 is 1.61 bits per heavy atom. The zero-order valence-corrected chi connectivity index (χ0v) is 10.9. The minimum atomic E-state index is 0.137. The van der Waals surface area contributed by atoms with E-state index in [9.17, 15) is 4.79 Å². The molecule has 0 spiro atoms. The molecule has 5 heteroatoms. The van der Waals surface area contributed by atoms with E-state index in [-0.39, 0.29) is 17.9 Å². The van der Waals surface area contributed by atoms with Gasteiger partial charge < -0.3 is 11.1 Å². The van der Waals surface area contributed by atoms with Crippen molar-refractivity contribution in [3.63, 3.8) is 0 Å². The summed E-state index contributed by atoms with van der Waals surface area (Å²) in [5, 5.41) is 7.12. The third kappa shape index (κ3) is 3.57. The van der Waals surface area contributed by atoms with Crippen LogP contribution < -0.4 is 11.1 Å². The highest BCUT2D eigenvalue weighted by Crippen LogP contribution is 2.23. The standard InChI is InChI=1S/C13H22N4O/c1-17-9-10(8-16-17)3-2-6-15-13(18)11-4-5-12(14)7-11/h8-9,11-12H,2-7,14H2,1H3,(H,15,18). The summed E-state index contributed by atoms with van der Waals surface area (Å²) < 4.78 is 1.80. The number of hydrogen-bond acceptors (Lipinski definition) is 3. The van der Waals surface area contributed by atoms with Gasteiger partial charge in [0.15, 0.2) is 0 Å². The molecule has 1 aromatic heterocycles. The van der Waals surface area contributed by atoms with Crippen molar-refractivity contribution in [1.82, 2.24) is 15.1 Å². The van der Waals surface area contributed by atoms with Crippen molar-refractivity contribution in [2.45, 2.75) is 38.1 Å². The Hall–Kier alpha value is -1.36. The molecule has 3 N–H and O–H groups in total. The highest BCUT2D eigenvalue weighted by Gasteiger charge is 2.27. The number of nitrogens with one attached hydrogen (secondary N) is 1. The molecule has 0 aromatic carbocycles. The maximum absolute atomic E-state index is 11.8. The van der Waals surface area contributed by atoms with Crippen LogP contribution in [0.3, 0.4) is 0 Å². The van der Waals surface area contributed by atoms with Crippen molar-refractivity contribution < 1.29 is 4.79 Å². The van der Waals surface area contributed by atoms with Crippen molar-refractivity contribution in [2.24, 2.45) is 18.7 Å². The van der Waals surface area contributed by atoms with Crippen molar-refractivity contribution >= 4 is 5.91 Å². The molecule has 1 aliphatic carbocycles. The van der Waals surface area contributed by atoms with Crippen molar-refractivity contribution in [3.8, 4) is 0 Å². The first-order valence-corrected chi connectivity index (χ1v) is 6.66. The van der Waals surface area contributed by atoms with Gasteiger partial charge in [0, 0.05) is 31.7 Å². The fraction of sp³-hybridized carbons (Fsp3) is 0.692. The fourth-order valence-corrected chi connectivity index (χ4v) is 2.50. The highest BCUT2D eigenvalue weighted by atomic mass is 16.1. The van der Waals surface area contributed by atoms with E-state index in [1.54, 1.807) is 4.68 Å². The lowest BCUT2D eigenvalue weighted by Crippen LogP contribution is -2.31. The molecule has 1 saturated carbocycles. The molecule has 1 aliphatic rings. The summed E-state index contributed by atoms with van der Waals surface area (Å²) in [4.78, 5) is 11.8. The number of amides is 1. The number of aromatic nitrogens is 2. The molecule has 0 radical (unpaired) electrons. The average molecular weight is 250 g/mol. The number of nitrogens with two attached hydrogens (primary N) is 1. The molecule has 5 nitrogen and oxygen atoms in total. The largest absolute Gasteiger partial charge is 0.356 e. The smallest absolute Gasteiger partial charge is 0.223 e. The number of hydrogen-bond donors (Lipinski definition) is 2. The van der Waals surface area contributed by atoms with E-state index in [2.05, 4.69) is 10.4 Å². The van der Waals surface area contributed by atoms with Crippen LogP contribution in [0.1, 0.15) is 31.2 Å². The first-order valence-electron chi connectivity index (χ1n) is 6.66. The van der Waals surface area contributed by atoms with Gasteiger partial charge in [0.2, 0.25) is 5.91 Å². The van der Waals surface area contributed by atoms with Crippen LogP contribution in [0.25, 0.3) is 0 Å². The Bertz CT molecular complexity index is 401. The molecule has 1 heterocycles. The Balaban J connectivity index is 1.62. The first kappa shape index (κ1) is 13.1. The molecule has 100 valence electrons. The number of rotatable bonds is 5. The summed E-state index contributed by atoms with van der Waals surface area (Å²) in [6, 6.07) is 0.219. The third-order valence-electron chi connectivity index (χ3n) is 3.54. The van der Waals surface area contributed by atoms with Crippen molar-refractivity contribution in [1.29, 1.82) is 0 Å². The quantitative estimate of drug-likeness (QED) is 0.751. The van der Waals surface area contributed by atoms with Gasteiger partial charge in [0.1, 0.15) is 0 Å². The highest BCUT2D eigenvalue weighted by molar-refractivity contribution is 5.78. The van der Waals surface area contributed by atoms with Gasteiger partial charge in [-0.25, -0.2) is 0 Å². The summed E-state index contributed by atoms with van der Waals surface area (Å²) in [5.41, 5.74) is 7.02. The van der Waals surface area contributed by atoms with Gasteiger partial charge in [0.05, 0.1) is 6.20 Å². The maximum Gasteiger partial charge on any atom is 0.223 e. The van der Waals surface area contributed by atoms with Gasteiger partial charge in [-0.3, -0.25) is 9.48 Å². The maximum atomic E-state index is 11.8. The molecular formula is C13H22N4O. The van der Waals surface area contributed by atoms with Gasteiger partial charge in [-0.2, -0.15) is 5.10 Å². The minimum absolute atomic E-state index is 0.137. The summed E-state index contributed by atoms with van der Waals surface area (Å²) in [6.45, 7) is 0.736. The molecule has 0 bridgehead atoms. The van der Waals surface area contributed by atoms with Crippen molar-refractivity contribution in [2.75, 3.05) is 6.54 Å². The predicted octanol–water partition coefficient (Wildman–Crippen LogP) is 0.596. The van der Waals surface area contributed by atoms with Crippen LogP contribution in [0.2, 0.25) is 0 Å². The Morgan fingerprint density at radius 2 is 2.44 bits per heavy atom. The van der Waals surface area contributed by atoms with E-state index in [1.807, 2.05) is 19.4 Å². The van der Waals surface area contributed by atoms with Crippen molar-refractivity contribution in [3.05, 3.63) is 18.0 Å². The molecule has 1 amide bonds. The number of carbonyl (C=O) groups is 1.